The molecule has 4 aliphatic heterocycles. The number of hydrogen-bond donors (Lipinski definition) is 2. The Labute approximate surface area is 234 Å². The van der Waals surface area contributed by atoms with Crippen LogP contribution in [0.15, 0.2) is 53.7 Å². The number of rotatable bonds is 5. The van der Waals surface area contributed by atoms with Crippen LogP contribution in [-0.4, -0.2) is 46.2 Å². The number of pyridine rings is 1. The maximum absolute atomic E-state index is 16.1. The molecular weight excluding hydrogens is 533 g/mol. The molecule has 0 aliphatic carbocycles. The summed E-state index contributed by atoms with van der Waals surface area (Å²) in [4.78, 5) is 26.7. The quantitative estimate of drug-likeness (QED) is 0.370. The fraction of sp³-hybridized carbons (Fsp3) is 0.276. The first-order valence-corrected chi connectivity index (χ1v) is 13.2. The predicted molar refractivity (Wildman–Crippen MR) is 149 cm³/mol. The van der Waals surface area contributed by atoms with E-state index in [1.54, 1.807) is 56.4 Å². The van der Waals surface area contributed by atoms with Crippen LogP contribution >= 0.6 is 11.6 Å². The number of nitrogens with one attached hydrogen (secondary N) is 2. The van der Waals surface area contributed by atoms with Crippen molar-refractivity contribution in [3.63, 3.8) is 0 Å². The Kier molecular flexibility index (Phi) is 6.49. The summed E-state index contributed by atoms with van der Waals surface area (Å²) < 4.78 is 23.3. The third-order valence-corrected chi connectivity index (χ3v) is 7.46. The highest BCUT2D eigenvalue weighted by atomic mass is 35.5. The number of nitrogens with zero attached hydrogens (tertiary/aromatic N) is 5. The zero-order valence-corrected chi connectivity index (χ0v) is 22.6. The minimum absolute atomic E-state index is 0.0145. The van der Waals surface area contributed by atoms with Gasteiger partial charge in [0.05, 0.1) is 35.4 Å². The van der Waals surface area contributed by atoms with Crippen molar-refractivity contribution in [3.8, 4) is 28.6 Å². The molecule has 6 rings (SSSR count). The zero-order valence-electron chi connectivity index (χ0n) is 21.8. The van der Waals surface area contributed by atoms with Gasteiger partial charge >= 0.3 is 0 Å². The van der Waals surface area contributed by atoms with Crippen molar-refractivity contribution in [1.82, 2.24) is 14.5 Å². The summed E-state index contributed by atoms with van der Waals surface area (Å²) in [6.07, 6.45) is 1.67. The molecule has 1 amide bonds. The average Bonchev–Trinajstić information content (AvgIpc) is 3.43. The molecule has 1 saturated heterocycles. The van der Waals surface area contributed by atoms with Gasteiger partial charge in [-0.25, -0.2) is 14.4 Å². The van der Waals surface area contributed by atoms with Crippen molar-refractivity contribution >= 4 is 29.0 Å². The van der Waals surface area contributed by atoms with Crippen molar-refractivity contribution in [2.24, 2.45) is 4.99 Å². The van der Waals surface area contributed by atoms with E-state index in [4.69, 9.17) is 16.3 Å². The number of fused-ring (bicyclic) bond motifs is 3. The molecule has 0 spiro atoms. The van der Waals surface area contributed by atoms with Gasteiger partial charge in [-0.05, 0) is 49.7 Å². The van der Waals surface area contributed by atoms with E-state index in [9.17, 15) is 10.1 Å². The third-order valence-electron chi connectivity index (χ3n) is 7.14. The monoisotopic (exact) mass is 557 g/mol. The van der Waals surface area contributed by atoms with Crippen LogP contribution in [0, 0.1) is 17.1 Å². The maximum atomic E-state index is 16.1. The summed E-state index contributed by atoms with van der Waals surface area (Å²) in [6, 6.07) is 13.8. The molecule has 0 bridgehead atoms. The molecule has 0 saturated carbocycles. The highest BCUT2D eigenvalue weighted by molar-refractivity contribution is 6.33. The van der Waals surface area contributed by atoms with E-state index in [2.05, 4.69) is 31.7 Å². The number of aromatic nitrogens is 3. The first kappa shape index (κ1) is 25.9. The van der Waals surface area contributed by atoms with Crippen molar-refractivity contribution in [1.29, 1.82) is 5.26 Å². The number of halogens is 2. The number of nitriles is 1. The lowest BCUT2D eigenvalue weighted by molar-refractivity contribution is 0.0112. The van der Waals surface area contributed by atoms with Gasteiger partial charge in [0, 0.05) is 41.5 Å². The largest absolute Gasteiger partial charge is 0.377 e. The molecule has 2 N–H and O–H groups in total. The summed E-state index contributed by atoms with van der Waals surface area (Å²) in [6.45, 7) is 5.90. The summed E-state index contributed by atoms with van der Waals surface area (Å²) in [5.74, 6) is 0.182. The second-order valence-electron chi connectivity index (χ2n) is 10.3. The summed E-state index contributed by atoms with van der Waals surface area (Å²) in [5.41, 5.74) is 1.97. The van der Waals surface area contributed by atoms with Gasteiger partial charge in [-0.2, -0.15) is 10.2 Å². The van der Waals surface area contributed by atoms with E-state index < -0.39 is 17.1 Å². The maximum Gasteiger partial charge on any atom is 0.255 e. The molecule has 2 aromatic carbocycles. The van der Waals surface area contributed by atoms with Gasteiger partial charge in [0.2, 0.25) is 5.62 Å². The fourth-order valence-electron chi connectivity index (χ4n) is 4.78. The van der Waals surface area contributed by atoms with Crippen LogP contribution in [0.2, 0.25) is 5.02 Å². The van der Waals surface area contributed by atoms with E-state index in [-0.39, 0.29) is 22.3 Å². The van der Waals surface area contributed by atoms with Gasteiger partial charge in [-0.1, -0.05) is 23.7 Å². The van der Waals surface area contributed by atoms with E-state index >= 15 is 4.39 Å². The molecule has 0 unspecified atom stereocenters. The summed E-state index contributed by atoms with van der Waals surface area (Å²) in [7, 11) is 0. The van der Waals surface area contributed by atoms with Crippen LogP contribution < -0.4 is 16.3 Å². The van der Waals surface area contributed by atoms with Crippen LogP contribution in [0.4, 0.5) is 15.9 Å². The Morgan fingerprint density at radius 1 is 1.30 bits per heavy atom. The number of anilines is 2. The summed E-state index contributed by atoms with van der Waals surface area (Å²) in [5, 5.41) is 15.7. The number of carbonyl (C=O) groups excluding carboxylic acids is 1. The predicted octanol–water partition coefficient (Wildman–Crippen LogP) is 4.62. The van der Waals surface area contributed by atoms with Gasteiger partial charge in [0.15, 0.2) is 5.82 Å². The number of amides is 1. The molecule has 11 heteroatoms. The van der Waals surface area contributed by atoms with Crippen molar-refractivity contribution < 1.29 is 13.9 Å². The molecule has 9 nitrogen and oxygen atoms in total. The smallest absolute Gasteiger partial charge is 0.255 e. The molecular formula is C29H25ClFN7O2. The lowest BCUT2D eigenvalue weighted by atomic mass is 9.85. The van der Waals surface area contributed by atoms with E-state index in [1.807, 2.05) is 4.57 Å². The number of benzene rings is 2. The van der Waals surface area contributed by atoms with Gasteiger partial charge in [-0.3, -0.25) is 4.79 Å². The first-order valence-electron chi connectivity index (χ1n) is 12.8. The van der Waals surface area contributed by atoms with Crippen molar-refractivity contribution in [2.45, 2.75) is 31.8 Å². The lowest BCUT2D eigenvalue weighted by Crippen LogP contribution is -2.34. The topological polar surface area (TPSA) is 117 Å². The number of carbonyl (C=O) groups is 1. The lowest BCUT2D eigenvalue weighted by Gasteiger charge is -2.21. The molecule has 0 atom stereocenters. The highest BCUT2D eigenvalue weighted by Crippen LogP contribution is 2.42. The van der Waals surface area contributed by atoms with Gasteiger partial charge < -0.3 is 19.9 Å². The van der Waals surface area contributed by atoms with E-state index in [0.717, 1.165) is 0 Å². The molecule has 40 heavy (non-hydrogen) atoms. The molecule has 0 radical (unpaired) electrons. The second kappa shape index (κ2) is 10.0. The van der Waals surface area contributed by atoms with Gasteiger partial charge in [0.25, 0.3) is 5.91 Å². The molecule has 2 aromatic rings. The van der Waals surface area contributed by atoms with Gasteiger partial charge in [0.1, 0.15) is 17.7 Å². The molecule has 0 aromatic heterocycles. The normalized spacial score (nSPS) is 15.3. The zero-order chi connectivity index (χ0) is 28.0. The Hall–Kier alpha value is -4.33. The van der Waals surface area contributed by atoms with Crippen LogP contribution in [0.3, 0.4) is 0 Å². The average molecular weight is 558 g/mol. The number of ether oxygens (including phenoxy) is 1. The third kappa shape index (κ3) is 4.57. The Bertz CT molecular complexity index is 1740. The summed E-state index contributed by atoms with van der Waals surface area (Å²) >= 11 is 6.56. The minimum atomic E-state index is -0.777. The van der Waals surface area contributed by atoms with E-state index in [0.29, 0.717) is 65.8 Å². The van der Waals surface area contributed by atoms with E-state index in [1.165, 1.54) is 6.07 Å². The Balaban J connectivity index is 1.39. The van der Waals surface area contributed by atoms with Crippen molar-refractivity contribution in [3.05, 3.63) is 76.2 Å². The molecule has 1 fully saturated rings. The standard InChI is InChI=1S/C29H25ClFN7O2/c1-29(2,15-32)18-5-3-4-16(10-18)27(39)36-22-7-6-21(30)23(24(22)31)20-11-17-12-34-28(35-19-13-40-14-19)37-25(17)38-9-8-33-26(20)38/h3-7,10-12,19,33H,8-9,13-14H2,1-2H3,(H,36,39). The SMILES string of the molecule is CC(C)(C#N)c1cccc(C(=O)Nc2ccc(Cl)c(-c3cc4cnc(=NC5COC5)nc-4n4c3NCC4)c2F)c1. The highest BCUT2D eigenvalue weighted by Gasteiger charge is 2.27. The van der Waals surface area contributed by atoms with Crippen LogP contribution in [0.1, 0.15) is 29.8 Å². The fourth-order valence-corrected chi connectivity index (χ4v) is 5.03. The van der Waals surface area contributed by atoms with Crippen LogP contribution in [0.5, 0.6) is 0 Å². The minimum Gasteiger partial charge on any atom is -0.377 e. The Morgan fingerprint density at radius 2 is 2.12 bits per heavy atom. The second-order valence-corrected chi connectivity index (χ2v) is 10.7. The number of hydrogen-bond acceptors (Lipinski definition) is 7. The Morgan fingerprint density at radius 3 is 2.88 bits per heavy atom. The van der Waals surface area contributed by atoms with Crippen LogP contribution in [0.25, 0.3) is 22.5 Å². The first-order chi connectivity index (χ1) is 19.2. The molecule has 202 valence electrons. The molecule has 4 aliphatic rings. The molecule has 4 heterocycles. The van der Waals surface area contributed by atoms with Crippen LogP contribution in [-0.2, 0) is 16.7 Å². The van der Waals surface area contributed by atoms with Gasteiger partial charge in [-0.15, -0.1) is 0 Å². The van der Waals surface area contributed by atoms with Crippen molar-refractivity contribution in [2.75, 3.05) is 30.4 Å².